The smallest absolute Gasteiger partial charge is 0.272 e. The highest BCUT2D eigenvalue weighted by atomic mass is 16.1. The molecule has 22 heavy (non-hydrogen) atoms. The first kappa shape index (κ1) is 14.3. The minimum Gasteiger partial charge on any atom is -0.366 e. The first-order chi connectivity index (χ1) is 10.5. The maximum absolute atomic E-state index is 12.2. The Bertz CT molecular complexity index is 921. The number of nitrogens with zero attached hydrogens (tertiary/aromatic N) is 1. The molecule has 0 aliphatic carbocycles. The molecule has 0 fully saturated rings. The molecule has 4 N–H and O–H groups in total. The number of primary amides is 1. The quantitative estimate of drug-likeness (QED) is 0.675. The van der Waals surface area contributed by atoms with E-state index in [-0.39, 0.29) is 5.56 Å². The minimum atomic E-state index is -0.546. The summed E-state index contributed by atoms with van der Waals surface area (Å²) in [5.74, 6) is -0.546. The fourth-order valence-electron chi connectivity index (χ4n) is 2.68. The monoisotopic (exact) mass is 298 g/mol. The van der Waals surface area contributed by atoms with Gasteiger partial charge in [0.25, 0.3) is 11.5 Å². The average molecular weight is 298 g/mol. The van der Waals surface area contributed by atoms with Crippen molar-refractivity contribution in [2.24, 2.45) is 5.73 Å². The van der Waals surface area contributed by atoms with E-state index in [9.17, 15) is 9.59 Å². The van der Waals surface area contributed by atoms with Gasteiger partial charge in [0, 0.05) is 29.0 Å². The molecule has 0 saturated carbocycles. The van der Waals surface area contributed by atoms with Crippen molar-refractivity contribution < 1.29 is 4.79 Å². The molecule has 3 aromatic rings. The van der Waals surface area contributed by atoms with Gasteiger partial charge < -0.3 is 20.6 Å². The number of hydrogen-bond donors (Lipinski definition) is 3. The van der Waals surface area contributed by atoms with E-state index in [2.05, 4.69) is 14.9 Å². The fourth-order valence-corrected chi connectivity index (χ4v) is 2.68. The number of amides is 1. The second-order valence-electron chi connectivity index (χ2n) is 5.70. The first-order valence-electron chi connectivity index (χ1n) is 7.08. The molecule has 0 saturated heterocycles. The third kappa shape index (κ3) is 2.37. The molecule has 0 spiro atoms. The van der Waals surface area contributed by atoms with Crippen LogP contribution in [0.2, 0.25) is 0 Å². The van der Waals surface area contributed by atoms with Gasteiger partial charge in [0.2, 0.25) is 0 Å². The van der Waals surface area contributed by atoms with E-state index in [0.717, 1.165) is 29.4 Å². The van der Waals surface area contributed by atoms with Crippen LogP contribution in [0.5, 0.6) is 0 Å². The number of nitrogens with two attached hydrogens (primary N) is 1. The number of fused-ring (bicyclic) bond motifs is 3. The number of aromatic nitrogens is 2. The second-order valence-corrected chi connectivity index (χ2v) is 5.70. The van der Waals surface area contributed by atoms with Crippen molar-refractivity contribution in [3.63, 3.8) is 0 Å². The molecule has 0 bridgehead atoms. The number of H-pyrrole nitrogens is 2. The lowest BCUT2D eigenvalue weighted by Crippen LogP contribution is -2.15. The average Bonchev–Trinajstić information content (AvgIpc) is 2.90. The Morgan fingerprint density at radius 3 is 2.77 bits per heavy atom. The van der Waals surface area contributed by atoms with E-state index in [1.54, 1.807) is 0 Å². The van der Waals surface area contributed by atoms with Gasteiger partial charge in [-0.2, -0.15) is 0 Å². The number of nitrogens with one attached hydrogen (secondary N) is 2. The van der Waals surface area contributed by atoms with E-state index < -0.39 is 5.91 Å². The summed E-state index contributed by atoms with van der Waals surface area (Å²) in [4.78, 5) is 31.5. The molecule has 0 aliphatic heterocycles. The summed E-state index contributed by atoms with van der Waals surface area (Å²) in [6.07, 6.45) is 2.38. The predicted octanol–water partition coefficient (Wildman–Crippen LogP) is 1.21. The third-order valence-electron chi connectivity index (χ3n) is 3.82. The van der Waals surface area contributed by atoms with Crippen LogP contribution in [-0.2, 0) is 6.42 Å². The normalized spacial score (nSPS) is 11.6. The third-order valence-corrected chi connectivity index (χ3v) is 3.82. The lowest BCUT2D eigenvalue weighted by molar-refractivity contribution is 0.100. The van der Waals surface area contributed by atoms with E-state index in [4.69, 9.17) is 5.73 Å². The van der Waals surface area contributed by atoms with Crippen molar-refractivity contribution >= 4 is 27.7 Å². The van der Waals surface area contributed by atoms with E-state index in [0.29, 0.717) is 16.5 Å². The lowest BCUT2D eigenvalue weighted by atomic mass is 10.0. The number of hydrogen-bond acceptors (Lipinski definition) is 3. The summed E-state index contributed by atoms with van der Waals surface area (Å²) in [6, 6.07) is 5.90. The molecule has 6 heteroatoms. The number of likely N-dealkylation sites (N-methyl/N-ethyl adjacent to an activating group) is 1. The van der Waals surface area contributed by atoms with Gasteiger partial charge >= 0.3 is 0 Å². The number of pyridine rings is 1. The van der Waals surface area contributed by atoms with Crippen LogP contribution < -0.4 is 11.3 Å². The first-order valence-corrected chi connectivity index (χ1v) is 7.08. The van der Waals surface area contributed by atoms with Crippen LogP contribution in [0.3, 0.4) is 0 Å². The number of carbonyl (C=O) groups is 1. The number of benzene rings is 1. The topological polar surface area (TPSA) is 95.0 Å². The van der Waals surface area contributed by atoms with Gasteiger partial charge in [-0.3, -0.25) is 9.59 Å². The summed E-state index contributed by atoms with van der Waals surface area (Å²) in [5.41, 5.74) is 7.72. The summed E-state index contributed by atoms with van der Waals surface area (Å²) >= 11 is 0. The van der Waals surface area contributed by atoms with Gasteiger partial charge in [0.15, 0.2) is 0 Å². The number of aromatic amines is 2. The summed E-state index contributed by atoms with van der Waals surface area (Å²) < 4.78 is 0. The molecule has 0 radical (unpaired) electrons. The van der Waals surface area contributed by atoms with Crippen LogP contribution in [0, 0.1) is 0 Å². The molecular weight excluding hydrogens is 280 g/mol. The molecule has 0 unspecified atom stereocenters. The van der Waals surface area contributed by atoms with Crippen LogP contribution in [0.1, 0.15) is 15.9 Å². The van der Waals surface area contributed by atoms with Gasteiger partial charge in [-0.15, -0.1) is 0 Å². The van der Waals surface area contributed by atoms with E-state index in [1.165, 1.54) is 6.20 Å². The predicted molar refractivity (Wildman–Crippen MR) is 87.2 cm³/mol. The fraction of sp³-hybridized carbons (Fsp3) is 0.250. The van der Waals surface area contributed by atoms with Gasteiger partial charge in [-0.05, 0) is 32.1 Å². The highest BCUT2D eigenvalue weighted by Gasteiger charge is 2.15. The summed E-state index contributed by atoms with van der Waals surface area (Å²) in [6.45, 7) is 0.925. The van der Waals surface area contributed by atoms with Gasteiger partial charge in [0.1, 0.15) is 5.52 Å². The van der Waals surface area contributed by atoms with E-state index >= 15 is 0 Å². The Kier molecular flexibility index (Phi) is 3.46. The molecular formula is C16H18N4O2. The molecule has 6 nitrogen and oxygen atoms in total. The molecule has 0 aliphatic rings. The maximum atomic E-state index is 12.2. The zero-order valence-electron chi connectivity index (χ0n) is 12.6. The summed E-state index contributed by atoms with van der Waals surface area (Å²) in [7, 11) is 4.04. The maximum Gasteiger partial charge on any atom is 0.272 e. The standard InChI is InChI=1S/C16H18N4O2/c1-20(2)6-5-9-3-4-10-12(7-9)19-16(22)14-13(10)11(8-18-14)15(17)21/h3-4,7-8,18H,5-6H2,1-2H3,(H2,17,21)(H,19,22). The van der Waals surface area contributed by atoms with Crippen molar-refractivity contribution in [2.75, 3.05) is 20.6 Å². The molecule has 1 aromatic carbocycles. The highest BCUT2D eigenvalue weighted by Crippen LogP contribution is 2.25. The van der Waals surface area contributed by atoms with Crippen molar-refractivity contribution in [3.05, 3.63) is 45.9 Å². The molecule has 1 amide bonds. The molecule has 0 atom stereocenters. The second kappa shape index (κ2) is 5.31. The number of rotatable bonds is 4. The Hall–Kier alpha value is -2.60. The SMILES string of the molecule is CN(C)CCc1ccc2c(c1)[nH]c(=O)c1[nH]cc(C(N)=O)c12. The molecule has 2 aromatic heterocycles. The molecule has 2 heterocycles. The van der Waals surface area contributed by atoms with Crippen LogP contribution >= 0.6 is 0 Å². The van der Waals surface area contributed by atoms with Crippen molar-refractivity contribution in [3.8, 4) is 0 Å². The largest absolute Gasteiger partial charge is 0.366 e. The van der Waals surface area contributed by atoms with Crippen LogP contribution in [0.4, 0.5) is 0 Å². The van der Waals surface area contributed by atoms with Crippen LogP contribution in [0.25, 0.3) is 21.8 Å². The Morgan fingerprint density at radius 1 is 1.32 bits per heavy atom. The Morgan fingerprint density at radius 2 is 2.09 bits per heavy atom. The van der Waals surface area contributed by atoms with E-state index in [1.807, 2.05) is 32.3 Å². The molecule has 3 rings (SSSR count). The Balaban J connectivity index is 2.22. The zero-order chi connectivity index (χ0) is 15.9. The van der Waals surface area contributed by atoms with Gasteiger partial charge in [-0.25, -0.2) is 0 Å². The van der Waals surface area contributed by atoms with Crippen LogP contribution in [-0.4, -0.2) is 41.4 Å². The highest BCUT2D eigenvalue weighted by molar-refractivity contribution is 6.15. The van der Waals surface area contributed by atoms with Gasteiger partial charge in [-0.1, -0.05) is 12.1 Å². The summed E-state index contributed by atoms with van der Waals surface area (Å²) in [5, 5.41) is 1.41. The van der Waals surface area contributed by atoms with Crippen molar-refractivity contribution in [2.45, 2.75) is 6.42 Å². The Labute approximate surface area is 126 Å². The lowest BCUT2D eigenvalue weighted by Gasteiger charge is -2.10. The van der Waals surface area contributed by atoms with Crippen molar-refractivity contribution in [1.29, 1.82) is 0 Å². The zero-order valence-corrected chi connectivity index (χ0v) is 12.6. The van der Waals surface area contributed by atoms with Gasteiger partial charge in [0.05, 0.1) is 5.56 Å². The molecule has 114 valence electrons. The van der Waals surface area contributed by atoms with Crippen LogP contribution in [0.15, 0.2) is 29.2 Å². The number of carbonyl (C=O) groups excluding carboxylic acids is 1. The minimum absolute atomic E-state index is 0.250. The van der Waals surface area contributed by atoms with Crippen molar-refractivity contribution in [1.82, 2.24) is 14.9 Å².